The van der Waals surface area contributed by atoms with Crippen molar-refractivity contribution in [3.05, 3.63) is 52.9 Å². The van der Waals surface area contributed by atoms with Gasteiger partial charge in [-0.05, 0) is 12.1 Å². The Labute approximate surface area is 134 Å². The number of rotatable bonds is 4. The van der Waals surface area contributed by atoms with Crippen LogP contribution in [-0.4, -0.2) is 24.3 Å². The van der Waals surface area contributed by atoms with E-state index in [4.69, 9.17) is 14.2 Å². The molecule has 0 spiro atoms. The number of halogens is 3. The minimum absolute atomic E-state index is 0.200. The Morgan fingerprint density at radius 3 is 2.67 bits per heavy atom. The lowest BCUT2D eigenvalue weighted by atomic mass is 10.1. The normalized spacial score (nSPS) is 15.6. The zero-order valence-corrected chi connectivity index (χ0v) is 12.2. The Morgan fingerprint density at radius 1 is 1.25 bits per heavy atom. The molecule has 1 aliphatic heterocycles. The third kappa shape index (κ3) is 3.74. The zero-order valence-electron chi connectivity index (χ0n) is 12.2. The van der Waals surface area contributed by atoms with Gasteiger partial charge in [-0.3, -0.25) is 0 Å². The molecular formula is C15H12F3NO5. The maximum Gasteiger partial charge on any atom is 0.436 e. The standard InChI is InChI=1S/C15H12F3NO5/c16-15(17,18)12-7-11(24-19-12)8-23-13(20)9-2-1-3-10(6-9)14-21-4-5-22-14/h1-3,6-7,14H,4-5,8H2. The molecule has 1 fully saturated rings. The number of benzene rings is 1. The SMILES string of the molecule is O=C(OCc1cc(C(F)(F)F)no1)c1cccc(C2OCCO2)c1. The molecule has 0 radical (unpaired) electrons. The quantitative estimate of drug-likeness (QED) is 0.795. The number of esters is 1. The maximum absolute atomic E-state index is 12.4. The Balaban J connectivity index is 1.62. The number of ether oxygens (including phenoxy) is 3. The van der Waals surface area contributed by atoms with Crippen LogP contribution in [0.15, 0.2) is 34.9 Å². The number of alkyl halides is 3. The van der Waals surface area contributed by atoms with Gasteiger partial charge in [0, 0.05) is 11.6 Å². The minimum atomic E-state index is -4.61. The van der Waals surface area contributed by atoms with Gasteiger partial charge in [-0.1, -0.05) is 17.3 Å². The molecule has 0 bridgehead atoms. The molecule has 3 rings (SSSR count). The average Bonchev–Trinajstić information content (AvgIpc) is 3.23. The Kier molecular flexibility index (Phi) is 4.54. The van der Waals surface area contributed by atoms with E-state index in [2.05, 4.69) is 9.68 Å². The summed E-state index contributed by atoms with van der Waals surface area (Å²) in [4.78, 5) is 12.0. The van der Waals surface area contributed by atoms with Crippen molar-refractivity contribution in [1.82, 2.24) is 5.16 Å². The van der Waals surface area contributed by atoms with Gasteiger partial charge >= 0.3 is 12.1 Å². The van der Waals surface area contributed by atoms with Gasteiger partial charge in [-0.25, -0.2) is 4.79 Å². The molecule has 2 aromatic rings. The van der Waals surface area contributed by atoms with Gasteiger partial charge in [0.25, 0.3) is 0 Å². The van der Waals surface area contributed by atoms with E-state index in [0.717, 1.165) is 0 Å². The summed E-state index contributed by atoms with van der Waals surface area (Å²) >= 11 is 0. The highest BCUT2D eigenvalue weighted by atomic mass is 19.4. The van der Waals surface area contributed by atoms with Crippen molar-refractivity contribution in [1.29, 1.82) is 0 Å². The summed E-state index contributed by atoms with van der Waals surface area (Å²) in [5.41, 5.74) is -0.297. The van der Waals surface area contributed by atoms with Crippen LogP contribution in [0, 0.1) is 0 Å². The molecule has 0 atom stereocenters. The molecule has 128 valence electrons. The van der Waals surface area contributed by atoms with Crippen LogP contribution in [0.4, 0.5) is 13.2 Å². The summed E-state index contributed by atoms with van der Waals surface area (Å²) in [5.74, 6) is -0.908. The van der Waals surface area contributed by atoms with Crippen molar-refractivity contribution in [3.63, 3.8) is 0 Å². The van der Waals surface area contributed by atoms with Gasteiger partial charge < -0.3 is 18.7 Å². The first-order chi connectivity index (χ1) is 11.4. The van der Waals surface area contributed by atoms with Crippen LogP contribution in [-0.2, 0) is 27.0 Å². The van der Waals surface area contributed by atoms with Gasteiger partial charge in [0.05, 0.1) is 18.8 Å². The molecule has 0 amide bonds. The highest BCUT2D eigenvalue weighted by Gasteiger charge is 2.35. The molecule has 0 saturated carbocycles. The Hall–Kier alpha value is -2.39. The monoisotopic (exact) mass is 343 g/mol. The van der Waals surface area contributed by atoms with Crippen LogP contribution in [0.25, 0.3) is 0 Å². The van der Waals surface area contributed by atoms with E-state index in [-0.39, 0.29) is 11.3 Å². The summed E-state index contributed by atoms with van der Waals surface area (Å²) in [7, 11) is 0. The molecule has 0 N–H and O–H groups in total. The Morgan fingerprint density at radius 2 is 2.00 bits per heavy atom. The fraction of sp³-hybridized carbons (Fsp3) is 0.333. The summed E-state index contributed by atoms with van der Waals surface area (Å²) < 4.78 is 57.3. The van der Waals surface area contributed by atoms with Crippen molar-refractivity contribution in [2.24, 2.45) is 0 Å². The molecule has 1 aliphatic rings. The second-order valence-electron chi connectivity index (χ2n) is 4.95. The van der Waals surface area contributed by atoms with E-state index in [1.165, 1.54) is 6.07 Å². The highest BCUT2D eigenvalue weighted by Crippen LogP contribution is 2.29. The third-order valence-corrected chi connectivity index (χ3v) is 3.21. The number of hydrogen-bond donors (Lipinski definition) is 0. The molecule has 0 unspecified atom stereocenters. The number of aromatic nitrogens is 1. The van der Waals surface area contributed by atoms with Crippen LogP contribution >= 0.6 is 0 Å². The van der Waals surface area contributed by atoms with Crippen molar-refractivity contribution >= 4 is 5.97 Å². The maximum atomic E-state index is 12.4. The van der Waals surface area contributed by atoms with Gasteiger partial charge in [0.2, 0.25) is 0 Å². The molecule has 0 aliphatic carbocycles. The predicted molar refractivity (Wildman–Crippen MR) is 71.7 cm³/mol. The lowest BCUT2D eigenvalue weighted by Crippen LogP contribution is -2.07. The highest BCUT2D eigenvalue weighted by molar-refractivity contribution is 5.89. The lowest BCUT2D eigenvalue weighted by molar-refractivity contribution is -0.142. The van der Waals surface area contributed by atoms with Crippen LogP contribution in [0.5, 0.6) is 0 Å². The van der Waals surface area contributed by atoms with Gasteiger partial charge in [0.1, 0.15) is 0 Å². The molecule has 9 heteroatoms. The first-order valence-corrected chi connectivity index (χ1v) is 6.96. The van der Waals surface area contributed by atoms with Crippen molar-refractivity contribution in [2.75, 3.05) is 13.2 Å². The zero-order chi connectivity index (χ0) is 17.2. The molecule has 2 heterocycles. The second kappa shape index (κ2) is 6.62. The largest absolute Gasteiger partial charge is 0.454 e. The lowest BCUT2D eigenvalue weighted by Gasteiger charge is -2.10. The fourth-order valence-electron chi connectivity index (χ4n) is 2.10. The van der Waals surface area contributed by atoms with E-state index in [1.807, 2.05) is 0 Å². The molecular weight excluding hydrogens is 331 g/mol. The average molecular weight is 343 g/mol. The first-order valence-electron chi connectivity index (χ1n) is 6.96. The van der Waals surface area contributed by atoms with E-state index in [9.17, 15) is 18.0 Å². The van der Waals surface area contributed by atoms with E-state index < -0.39 is 30.7 Å². The molecule has 6 nitrogen and oxygen atoms in total. The number of hydrogen-bond acceptors (Lipinski definition) is 6. The number of nitrogens with zero attached hydrogens (tertiary/aromatic N) is 1. The van der Waals surface area contributed by atoms with Crippen molar-refractivity contribution < 1.29 is 36.7 Å². The summed E-state index contributed by atoms with van der Waals surface area (Å²) in [6.45, 7) is 0.474. The van der Waals surface area contributed by atoms with Crippen molar-refractivity contribution in [2.45, 2.75) is 19.1 Å². The van der Waals surface area contributed by atoms with Crippen LogP contribution in [0.1, 0.15) is 33.7 Å². The van der Waals surface area contributed by atoms with E-state index in [1.54, 1.807) is 18.2 Å². The van der Waals surface area contributed by atoms with Crippen LogP contribution in [0.3, 0.4) is 0 Å². The van der Waals surface area contributed by atoms with E-state index >= 15 is 0 Å². The van der Waals surface area contributed by atoms with Gasteiger partial charge in [-0.15, -0.1) is 0 Å². The Bertz CT molecular complexity index is 722. The predicted octanol–water partition coefficient (Wildman–Crippen LogP) is 3.10. The molecule has 24 heavy (non-hydrogen) atoms. The second-order valence-corrected chi connectivity index (χ2v) is 4.95. The molecule has 1 saturated heterocycles. The van der Waals surface area contributed by atoms with Crippen molar-refractivity contribution in [3.8, 4) is 0 Å². The summed E-state index contributed by atoms with van der Waals surface area (Å²) in [6, 6.07) is 7.11. The number of carbonyl (C=O) groups excluding carboxylic acids is 1. The summed E-state index contributed by atoms with van der Waals surface area (Å²) in [6.07, 6.45) is -5.15. The van der Waals surface area contributed by atoms with Crippen LogP contribution < -0.4 is 0 Å². The van der Waals surface area contributed by atoms with Crippen LogP contribution in [0.2, 0.25) is 0 Å². The first kappa shape index (κ1) is 16.5. The third-order valence-electron chi connectivity index (χ3n) is 3.21. The van der Waals surface area contributed by atoms with Gasteiger partial charge in [0.15, 0.2) is 24.4 Å². The smallest absolute Gasteiger partial charge is 0.436 e. The fourth-order valence-corrected chi connectivity index (χ4v) is 2.10. The molecule has 1 aromatic heterocycles. The summed E-state index contributed by atoms with van der Waals surface area (Å²) in [5, 5.41) is 2.88. The topological polar surface area (TPSA) is 70.8 Å². The minimum Gasteiger partial charge on any atom is -0.454 e. The van der Waals surface area contributed by atoms with E-state index in [0.29, 0.717) is 24.8 Å². The molecule has 1 aromatic carbocycles. The number of carbonyl (C=O) groups is 1. The van der Waals surface area contributed by atoms with Gasteiger partial charge in [-0.2, -0.15) is 13.2 Å².